The molecule has 1 N–H and O–H groups in total. The third kappa shape index (κ3) is 3.54. The second-order valence-corrected chi connectivity index (χ2v) is 7.71. The smallest absolute Gasteiger partial charge is 0.336 e. The molecule has 138 valence electrons. The van der Waals surface area contributed by atoms with E-state index in [-0.39, 0.29) is 11.5 Å². The summed E-state index contributed by atoms with van der Waals surface area (Å²) < 4.78 is 5.39. The van der Waals surface area contributed by atoms with Gasteiger partial charge >= 0.3 is 5.63 Å². The van der Waals surface area contributed by atoms with Crippen LogP contribution in [0.1, 0.15) is 51.0 Å². The fraction of sp³-hybridized carbons (Fsp3) is 0.524. The van der Waals surface area contributed by atoms with Crippen molar-refractivity contribution in [3.05, 3.63) is 40.2 Å². The monoisotopic (exact) mass is 354 g/mol. The number of likely N-dealkylation sites (tertiary alicyclic amines) is 1. The molecule has 2 aromatic rings. The third-order valence-corrected chi connectivity index (χ3v) is 5.88. The van der Waals surface area contributed by atoms with E-state index in [1.54, 1.807) is 12.1 Å². The van der Waals surface area contributed by atoms with Crippen molar-refractivity contribution in [1.82, 2.24) is 4.90 Å². The molecule has 5 nitrogen and oxygen atoms in total. The maximum atomic E-state index is 12.1. The number of rotatable bonds is 4. The largest absolute Gasteiger partial charge is 0.423 e. The van der Waals surface area contributed by atoms with Crippen LogP contribution >= 0.6 is 0 Å². The van der Waals surface area contributed by atoms with Crippen molar-refractivity contribution >= 4 is 22.6 Å². The topological polar surface area (TPSA) is 62.6 Å². The highest BCUT2D eigenvalue weighted by Gasteiger charge is 2.33. The van der Waals surface area contributed by atoms with Gasteiger partial charge in [-0.3, -0.25) is 9.69 Å². The molecule has 0 radical (unpaired) electrons. The van der Waals surface area contributed by atoms with Crippen LogP contribution in [0.4, 0.5) is 5.69 Å². The standard InChI is InChI=1S/C21H26N2O3/c1-14(24)22-17-8-9-18-16(11-21(25)26-20(18)12-17)13-23-10-4-7-19(23)15-5-2-3-6-15/h8-9,11-12,15,19H,2-7,10,13H2,1H3,(H,22,24). The van der Waals surface area contributed by atoms with Crippen molar-refractivity contribution < 1.29 is 9.21 Å². The molecule has 1 aromatic carbocycles. The molecule has 1 aromatic heterocycles. The summed E-state index contributed by atoms with van der Waals surface area (Å²) in [6.45, 7) is 3.36. The Bertz CT molecular complexity index is 867. The molecule has 1 saturated heterocycles. The van der Waals surface area contributed by atoms with Gasteiger partial charge in [0.1, 0.15) is 5.58 Å². The Labute approximate surface area is 153 Å². The first kappa shape index (κ1) is 17.3. The Hall–Kier alpha value is -2.14. The zero-order valence-electron chi connectivity index (χ0n) is 15.3. The van der Waals surface area contributed by atoms with E-state index in [2.05, 4.69) is 10.2 Å². The summed E-state index contributed by atoms with van der Waals surface area (Å²) in [6.07, 6.45) is 7.93. The van der Waals surface area contributed by atoms with Crippen LogP contribution < -0.4 is 10.9 Å². The molecule has 26 heavy (non-hydrogen) atoms. The highest BCUT2D eigenvalue weighted by molar-refractivity contribution is 5.92. The molecule has 2 aliphatic rings. The molecule has 1 amide bonds. The predicted molar refractivity (Wildman–Crippen MR) is 102 cm³/mol. The number of carbonyl (C=O) groups excluding carboxylic acids is 1. The van der Waals surface area contributed by atoms with Gasteiger partial charge in [0, 0.05) is 42.7 Å². The molecule has 1 aliphatic carbocycles. The molecule has 0 spiro atoms. The Morgan fingerprint density at radius 3 is 2.77 bits per heavy atom. The summed E-state index contributed by atoms with van der Waals surface area (Å²) in [5, 5.41) is 3.70. The third-order valence-electron chi connectivity index (χ3n) is 5.88. The van der Waals surface area contributed by atoms with Crippen molar-refractivity contribution in [3.8, 4) is 0 Å². The van der Waals surface area contributed by atoms with Crippen molar-refractivity contribution in [2.24, 2.45) is 5.92 Å². The van der Waals surface area contributed by atoms with Crippen LogP contribution in [0, 0.1) is 5.92 Å². The highest BCUT2D eigenvalue weighted by Crippen LogP contribution is 2.36. The van der Waals surface area contributed by atoms with Crippen LogP contribution in [-0.4, -0.2) is 23.4 Å². The summed E-state index contributed by atoms with van der Waals surface area (Å²) in [4.78, 5) is 25.9. The molecule has 4 rings (SSSR count). The zero-order valence-corrected chi connectivity index (χ0v) is 15.3. The minimum absolute atomic E-state index is 0.140. The van der Waals surface area contributed by atoms with E-state index in [9.17, 15) is 9.59 Å². The van der Waals surface area contributed by atoms with E-state index >= 15 is 0 Å². The summed E-state index contributed by atoms with van der Waals surface area (Å²) in [5.41, 5.74) is 1.88. The fourth-order valence-electron chi connectivity index (χ4n) is 4.78. The minimum Gasteiger partial charge on any atom is -0.423 e. The second kappa shape index (κ2) is 7.23. The highest BCUT2D eigenvalue weighted by atomic mass is 16.4. The average Bonchev–Trinajstić information content (AvgIpc) is 3.24. The van der Waals surface area contributed by atoms with E-state index in [1.165, 1.54) is 45.4 Å². The number of carbonyl (C=O) groups is 1. The predicted octanol–water partition coefficient (Wildman–Crippen LogP) is 3.91. The zero-order chi connectivity index (χ0) is 18.1. The van der Waals surface area contributed by atoms with Gasteiger partial charge in [0.05, 0.1) is 0 Å². The number of fused-ring (bicyclic) bond motifs is 1. The molecule has 1 saturated carbocycles. The molecule has 0 bridgehead atoms. The van der Waals surface area contributed by atoms with Crippen LogP contribution in [0.5, 0.6) is 0 Å². The molecule has 5 heteroatoms. The fourth-order valence-corrected chi connectivity index (χ4v) is 4.78. The second-order valence-electron chi connectivity index (χ2n) is 7.71. The molecule has 2 fully saturated rings. The normalized spacial score (nSPS) is 21.5. The van der Waals surface area contributed by atoms with Crippen molar-refractivity contribution in [2.45, 2.75) is 58.0 Å². The van der Waals surface area contributed by atoms with Crippen LogP contribution in [0.2, 0.25) is 0 Å². The van der Waals surface area contributed by atoms with Crippen LogP contribution in [-0.2, 0) is 11.3 Å². The lowest BCUT2D eigenvalue weighted by Crippen LogP contribution is -2.34. The summed E-state index contributed by atoms with van der Waals surface area (Å²) in [5.74, 6) is 0.676. The number of benzene rings is 1. The first-order valence-electron chi connectivity index (χ1n) is 9.68. The van der Waals surface area contributed by atoms with Crippen molar-refractivity contribution in [3.63, 3.8) is 0 Å². The summed E-state index contributed by atoms with van der Waals surface area (Å²) >= 11 is 0. The number of nitrogens with zero attached hydrogens (tertiary/aromatic N) is 1. The van der Waals surface area contributed by atoms with E-state index in [4.69, 9.17) is 4.42 Å². The number of hydrogen-bond donors (Lipinski definition) is 1. The SMILES string of the molecule is CC(=O)Nc1ccc2c(CN3CCCC3C3CCCC3)cc(=O)oc2c1. The first-order valence-corrected chi connectivity index (χ1v) is 9.68. The van der Waals surface area contributed by atoms with E-state index in [0.717, 1.165) is 30.0 Å². The number of amides is 1. The van der Waals surface area contributed by atoms with Gasteiger partial charge in [-0.15, -0.1) is 0 Å². The Morgan fingerprint density at radius 2 is 2.00 bits per heavy atom. The van der Waals surface area contributed by atoms with Crippen molar-refractivity contribution in [1.29, 1.82) is 0 Å². The van der Waals surface area contributed by atoms with E-state index in [1.807, 2.05) is 12.1 Å². The molecule has 1 unspecified atom stereocenters. The van der Waals surface area contributed by atoms with E-state index < -0.39 is 0 Å². The van der Waals surface area contributed by atoms with Gasteiger partial charge in [-0.2, -0.15) is 0 Å². The first-order chi connectivity index (χ1) is 12.6. The van der Waals surface area contributed by atoms with Gasteiger partial charge < -0.3 is 9.73 Å². The lowest BCUT2D eigenvalue weighted by Gasteiger charge is -2.29. The molecule has 1 aliphatic heterocycles. The maximum absolute atomic E-state index is 12.1. The van der Waals surface area contributed by atoms with Crippen LogP contribution in [0.3, 0.4) is 0 Å². The van der Waals surface area contributed by atoms with E-state index in [0.29, 0.717) is 17.3 Å². The number of anilines is 1. The van der Waals surface area contributed by atoms with Gasteiger partial charge in [0.2, 0.25) is 5.91 Å². The van der Waals surface area contributed by atoms with Crippen LogP contribution in [0.15, 0.2) is 33.5 Å². The van der Waals surface area contributed by atoms with Gasteiger partial charge in [0.15, 0.2) is 0 Å². The maximum Gasteiger partial charge on any atom is 0.336 e. The Morgan fingerprint density at radius 1 is 1.19 bits per heavy atom. The lowest BCUT2D eigenvalue weighted by atomic mass is 9.95. The molecular weight excluding hydrogens is 328 g/mol. The average molecular weight is 354 g/mol. The number of nitrogens with one attached hydrogen (secondary N) is 1. The van der Waals surface area contributed by atoms with Gasteiger partial charge in [-0.1, -0.05) is 12.8 Å². The summed E-state index contributed by atoms with van der Waals surface area (Å²) in [7, 11) is 0. The van der Waals surface area contributed by atoms with Gasteiger partial charge in [-0.25, -0.2) is 4.79 Å². The van der Waals surface area contributed by atoms with Crippen LogP contribution in [0.25, 0.3) is 11.0 Å². The van der Waals surface area contributed by atoms with Crippen molar-refractivity contribution in [2.75, 3.05) is 11.9 Å². The molecule has 1 atom stereocenters. The Balaban J connectivity index is 1.63. The summed E-state index contributed by atoms with van der Waals surface area (Å²) in [6, 6.07) is 7.83. The van der Waals surface area contributed by atoms with Gasteiger partial charge in [0.25, 0.3) is 0 Å². The number of hydrogen-bond acceptors (Lipinski definition) is 4. The minimum atomic E-state index is -0.330. The molecular formula is C21H26N2O3. The van der Waals surface area contributed by atoms with Gasteiger partial charge in [-0.05, 0) is 55.8 Å². The lowest BCUT2D eigenvalue weighted by molar-refractivity contribution is -0.114. The Kier molecular flexibility index (Phi) is 4.81. The quantitative estimate of drug-likeness (QED) is 0.846. The molecule has 2 heterocycles.